The molecule has 2 rings (SSSR count). The van der Waals surface area contributed by atoms with Crippen molar-refractivity contribution >= 4 is 5.97 Å². The Morgan fingerprint density at radius 3 is 3.00 bits per heavy atom. The Balaban J connectivity index is 2.19. The van der Waals surface area contributed by atoms with Crippen LogP contribution in [-0.2, 0) is 18.3 Å². The second kappa shape index (κ2) is 2.87. The van der Waals surface area contributed by atoms with Gasteiger partial charge in [-0.25, -0.2) is 4.98 Å². The van der Waals surface area contributed by atoms with Crippen molar-refractivity contribution < 1.29 is 9.90 Å². The van der Waals surface area contributed by atoms with E-state index in [0.29, 0.717) is 11.6 Å². The molecule has 1 aromatic heterocycles. The van der Waals surface area contributed by atoms with Crippen LogP contribution in [0, 0.1) is 0 Å². The molecule has 4 nitrogen and oxygen atoms in total. The summed E-state index contributed by atoms with van der Waals surface area (Å²) >= 11 is 0. The number of carboxylic acids is 1. The van der Waals surface area contributed by atoms with Crippen LogP contribution in [0.5, 0.6) is 0 Å². The molecule has 1 aromatic rings. The highest BCUT2D eigenvalue weighted by Gasteiger charge is 2.28. The van der Waals surface area contributed by atoms with Crippen LogP contribution >= 0.6 is 0 Å². The minimum atomic E-state index is -0.819. The van der Waals surface area contributed by atoms with Gasteiger partial charge in [0.2, 0.25) is 0 Å². The maximum absolute atomic E-state index is 10.4. The minimum Gasteiger partial charge on any atom is -0.481 e. The van der Waals surface area contributed by atoms with Crippen LogP contribution in [0.2, 0.25) is 0 Å². The highest BCUT2D eigenvalue weighted by molar-refractivity contribution is 5.69. The SMILES string of the molecule is Cn1cc(CC(=O)O)nc1C1CC1. The van der Waals surface area contributed by atoms with E-state index in [9.17, 15) is 4.79 Å². The van der Waals surface area contributed by atoms with Gasteiger partial charge < -0.3 is 9.67 Å². The third kappa shape index (κ3) is 1.71. The number of imidazole rings is 1. The Morgan fingerprint density at radius 1 is 1.77 bits per heavy atom. The zero-order valence-electron chi connectivity index (χ0n) is 7.53. The van der Waals surface area contributed by atoms with Gasteiger partial charge in [-0.2, -0.15) is 0 Å². The quantitative estimate of drug-likeness (QED) is 0.752. The first-order chi connectivity index (χ1) is 6.16. The van der Waals surface area contributed by atoms with E-state index < -0.39 is 5.97 Å². The van der Waals surface area contributed by atoms with Gasteiger partial charge in [0.25, 0.3) is 0 Å². The molecule has 1 heterocycles. The molecule has 1 aliphatic rings. The van der Waals surface area contributed by atoms with Crippen molar-refractivity contribution in [2.45, 2.75) is 25.2 Å². The largest absolute Gasteiger partial charge is 0.481 e. The molecule has 0 bridgehead atoms. The first kappa shape index (κ1) is 8.29. The summed E-state index contributed by atoms with van der Waals surface area (Å²) in [4.78, 5) is 14.7. The molecular weight excluding hydrogens is 168 g/mol. The van der Waals surface area contributed by atoms with Gasteiger partial charge in [-0.15, -0.1) is 0 Å². The first-order valence-electron chi connectivity index (χ1n) is 4.40. The molecule has 1 aliphatic carbocycles. The molecule has 13 heavy (non-hydrogen) atoms. The summed E-state index contributed by atoms with van der Waals surface area (Å²) < 4.78 is 1.94. The number of hydrogen-bond donors (Lipinski definition) is 1. The molecule has 0 radical (unpaired) electrons. The van der Waals surface area contributed by atoms with Crippen molar-refractivity contribution in [3.8, 4) is 0 Å². The third-order valence-corrected chi connectivity index (χ3v) is 2.24. The number of rotatable bonds is 3. The van der Waals surface area contributed by atoms with Crippen LogP contribution < -0.4 is 0 Å². The number of hydrogen-bond acceptors (Lipinski definition) is 2. The van der Waals surface area contributed by atoms with E-state index in [4.69, 9.17) is 5.11 Å². The Labute approximate surface area is 76.2 Å². The van der Waals surface area contributed by atoms with Crippen LogP contribution in [0.3, 0.4) is 0 Å². The van der Waals surface area contributed by atoms with E-state index >= 15 is 0 Å². The van der Waals surface area contributed by atoms with Gasteiger partial charge in [0, 0.05) is 19.2 Å². The van der Waals surface area contributed by atoms with Gasteiger partial charge in [0.05, 0.1) is 12.1 Å². The van der Waals surface area contributed by atoms with Crippen LogP contribution in [0.15, 0.2) is 6.20 Å². The highest BCUT2D eigenvalue weighted by atomic mass is 16.4. The normalized spacial score (nSPS) is 16.1. The fourth-order valence-corrected chi connectivity index (χ4v) is 1.51. The van der Waals surface area contributed by atoms with Crippen LogP contribution in [-0.4, -0.2) is 20.6 Å². The number of aromatic nitrogens is 2. The summed E-state index contributed by atoms with van der Waals surface area (Å²) in [5.74, 6) is 0.796. The second-order valence-corrected chi connectivity index (χ2v) is 3.55. The summed E-state index contributed by atoms with van der Waals surface area (Å²) in [5.41, 5.74) is 0.664. The Kier molecular flexibility index (Phi) is 1.83. The lowest BCUT2D eigenvalue weighted by Crippen LogP contribution is -2.00. The van der Waals surface area contributed by atoms with Gasteiger partial charge in [-0.3, -0.25) is 4.79 Å². The van der Waals surface area contributed by atoms with E-state index in [-0.39, 0.29) is 6.42 Å². The number of carbonyl (C=O) groups is 1. The van der Waals surface area contributed by atoms with Gasteiger partial charge in [0.15, 0.2) is 0 Å². The molecule has 0 saturated heterocycles. The molecule has 1 saturated carbocycles. The Bertz CT molecular complexity index is 339. The molecule has 70 valence electrons. The second-order valence-electron chi connectivity index (χ2n) is 3.55. The van der Waals surface area contributed by atoms with Crippen molar-refractivity contribution in [2.24, 2.45) is 7.05 Å². The topological polar surface area (TPSA) is 55.1 Å². The average Bonchev–Trinajstić information content (AvgIpc) is 2.77. The molecule has 0 unspecified atom stereocenters. The van der Waals surface area contributed by atoms with Crippen molar-refractivity contribution in [1.29, 1.82) is 0 Å². The standard InChI is InChI=1S/C9H12N2O2/c1-11-5-7(4-8(12)13)10-9(11)6-2-3-6/h5-6H,2-4H2,1H3,(H,12,13). The van der Waals surface area contributed by atoms with E-state index in [2.05, 4.69) is 4.98 Å². The van der Waals surface area contributed by atoms with E-state index in [0.717, 1.165) is 5.82 Å². The molecule has 0 atom stereocenters. The summed E-state index contributed by atoms with van der Waals surface area (Å²) in [6, 6.07) is 0. The molecule has 0 aliphatic heterocycles. The Morgan fingerprint density at radius 2 is 2.46 bits per heavy atom. The average molecular weight is 180 g/mol. The molecule has 1 N–H and O–H groups in total. The fourth-order valence-electron chi connectivity index (χ4n) is 1.51. The predicted octanol–water partition coefficient (Wildman–Crippen LogP) is 0.925. The summed E-state index contributed by atoms with van der Waals surface area (Å²) in [6.07, 6.45) is 4.22. The zero-order valence-corrected chi connectivity index (χ0v) is 7.53. The highest BCUT2D eigenvalue weighted by Crippen LogP contribution is 2.38. The molecule has 0 aromatic carbocycles. The molecule has 4 heteroatoms. The monoisotopic (exact) mass is 180 g/mol. The van der Waals surface area contributed by atoms with E-state index in [1.165, 1.54) is 12.8 Å². The summed E-state index contributed by atoms with van der Waals surface area (Å²) in [5, 5.41) is 8.57. The number of carboxylic acid groups (broad SMARTS) is 1. The lowest BCUT2D eigenvalue weighted by atomic mass is 10.3. The lowest BCUT2D eigenvalue weighted by molar-refractivity contribution is -0.136. The zero-order chi connectivity index (χ0) is 9.42. The first-order valence-corrected chi connectivity index (χ1v) is 4.40. The number of aliphatic carboxylic acids is 1. The fraction of sp³-hybridized carbons (Fsp3) is 0.556. The van der Waals surface area contributed by atoms with E-state index in [1.54, 1.807) is 0 Å². The van der Waals surface area contributed by atoms with Gasteiger partial charge in [-0.05, 0) is 12.8 Å². The van der Waals surface area contributed by atoms with Crippen LogP contribution in [0.1, 0.15) is 30.3 Å². The van der Waals surface area contributed by atoms with Gasteiger partial charge in [0.1, 0.15) is 5.82 Å². The summed E-state index contributed by atoms with van der Waals surface area (Å²) in [6.45, 7) is 0. The number of aryl methyl sites for hydroxylation is 1. The molecule has 0 spiro atoms. The van der Waals surface area contributed by atoms with Crippen molar-refractivity contribution in [3.05, 3.63) is 17.7 Å². The van der Waals surface area contributed by atoms with Crippen molar-refractivity contribution in [3.63, 3.8) is 0 Å². The van der Waals surface area contributed by atoms with Crippen molar-refractivity contribution in [2.75, 3.05) is 0 Å². The predicted molar refractivity (Wildman–Crippen MR) is 46.5 cm³/mol. The number of nitrogens with zero attached hydrogens (tertiary/aromatic N) is 2. The summed E-state index contributed by atoms with van der Waals surface area (Å²) in [7, 11) is 1.92. The van der Waals surface area contributed by atoms with Gasteiger partial charge >= 0.3 is 5.97 Å². The maximum atomic E-state index is 10.4. The van der Waals surface area contributed by atoms with Crippen LogP contribution in [0.4, 0.5) is 0 Å². The van der Waals surface area contributed by atoms with Crippen molar-refractivity contribution in [1.82, 2.24) is 9.55 Å². The van der Waals surface area contributed by atoms with E-state index in [1.807, 2.05) is 17.8 Å². The Hall–Kier alpha value is -1.32. The third-order valence-electron chi connectivity index (χ3n) is 2.24. The maximum Gasteiger partial charge on any atom is 0.309 e. The smallest absolute Gasteiger partial charge is 0.309 e. The van der Waals surface area contributed by atoms with Crippen LogP contribution in [0.25, 0.3) is 0 Å². The minimum absolute atomic E-state index is 0.0283. The molecular formula is C9H12N2O2. The lowest BCUT2D eigenvalue weighted by Gasteiger charge is -1.94. The molecule has 1 fully saturated rings. The molecule has 0 amide bonds. The van der Waals surface area contributed by atoms with Gasteiger partial charge in [-0.1, -0.05) is 0 Å².